The summed E-state index contributed by atoms with van der Waals surface area (Å²) in [6.45, 7) is 3.74. The average Bonchev–Trinajstić information content (AvgIpc) is 3.20. The lowest BCUT2D eigenvalue weighted by atomic mass is 9.90. The molecule has 2 aliphatic rings. The molecule has 0 spiro atoms. The molecule has 0 aliphatic carbocycles. The molecule has 4 rings (SSSR count). The number of amides is 1. The molecule has 0 saturated carbocycles. The van der Waals surface area contributed by atoms with E-state index in [9.17, 15) is 19.6 Å². The summed E-state index contributed by atoms with van der Waals surface area (Å²) in [5.41, 5.74) is 2.32. The van der Waals surface area contributed by atoms with Gasteiger partial charge in [-0.1, -0.05) is 60.7 Å². The number of rotatable bonds is 10. The largest absolute Gasteiger partial charge is 0.481 e. The molecule has 0 atom stereocenters. The summed E-state index contributed by atoms with van der Waals surface area (Å²) in [6, 6.07) is 12.5. The summed E-state index contributed by atoms with van der Waals surface area (Å²) in [7, 11) is 1.69. The quantitative estimate of drug-likeness (QED) is 0.242. The molecule has 2 aromatic rings. The average molecular weight is 579 g/mol. The van der Waals surface area contributed by atoms with Crippen molar-refractivity contribution in [2.24, 2.45) is 13.0 Å². The Kier molecular flexibility index (Phi) is 9.82. The van der Waals surface area contributed by atoms with E-state index in [-0.39, 0.29) is 23.5 Å². The third-order valence-electron chi connectivity index (χ3n) is 7.67. The van der Waals surface area contributed by atoms with Gasteiger partial charge < -0.3 is 10.0 Å². The third kappa shape index (κ3) is 6.65. The molecule has 40 heavy (non-hydrogen) atoms. The zero-order chi connectivity index (χ0) is 28.8. The summed E-state index contributed by atoms with van der Waals surface area (Å²) in [5.74, 6) is 0.241. The number of thiocarbonyl (C=S) groups is 1. The van der Waals surface area contributed by atoms with Crippen LogP contribution in [0.5, 0.6) is 0 Å². The predicted octanol–water partition coefficient (Wildman–Crippen LogP) is 4.87. The number of thioether (sulfide) groups is 1. The van der Waals surface area contributed by atoms with Gasteiger partial charge in [-0.3, -0.25) is 23.9 Å². The van der Waals surface area contributed by atoms with Gasteiger partial charge in [0.15, 0.2) is 0 Å². The Bertz CT molecular complexity index is 1420. The number of carbonyl (C=O) groups is 2. The van der Waals surface area contributed by atoms with Crippen LogP contribution in [0.15, 0.2) is 40.0 Å². The van der Waals surface area contributed by atoms with Crippen LogP contribution in [0.3, 0.4) is 0 Å². The second kappa shape index (κ2) is 13.3. The van der Waals surface area contributed by atoms with Gasteiger partial charge in [-0.25, -0.2) is 0 Å². The number of unbranched alkanes of at least 4 members (excludes halogenated alkanes) is 2. The van der Waals surface area contributed by atoms with E-state index >= 15 is 0 Å². The fourth-order valence-corrected chi connectivity index (χ4v) is 6.73. The molecule has 0 bridgehead atoms. The number of benzene rings is 1. The molecule has 0 unspecified atom stereocenters. The number of pyridine rings is 1. The maximum absolute atomic E-state index is 13.3. The first-order chi connectivity index (χ1) is 19.2. The van der Waals surface area contributed by atoms with Crippen molar-refractivity contribution in [3.8, 4) is 6.07 Å². The van der Waals surface area contributed by atoms with Crippen molar-refractivity contribution < 1.29 is 14.7 Å². The van der Waals surface area contributed by atoms with E-state index in [2.05, 4.69) is 35.2 Å². The zero-order valence-electron chi connectivity index (χ0n) is 22.9. The lowest BCUT2D eigenvalue weighted by molar-refractivity contribution is -0.137. The Morgan fingerprint density at radius 2 is 1.88 bits per heavy atom. The normalized spacial score (nSPS) is 17.1. The van der Waals surface area contributed by atoms with Gasteiger partial charge >= 0.3 is 5.97 Å². The Hall–Kier alpha value is -3.42. The number of hydrogen-bond donors (Lipinski definition) is 1. The molecule has 10 heteroatoms. The van der Waals surface area contributed by atoms with E-state index in [1.165, 1.54) is 21.9 Å². The van der Waals surface area contributed by atoms with Crippen molar-refractivity contribution in [2.75, 3.05) is 24.5 Å². The number of nitrogens with zero attached hydrogens (tertiary/aromatic N) is 4. The van der Waals surface area contributed by atoms with Gasteiger partial charge in [0, 0.05) is 38.7 Å². The van der Waals surface area contributed by atoms with Crippen molar-refractivity contribution in [3.63, 3.8) is 0 Å². The molecule has 1 N–H and O–H groups in total. The number of anilines is 1. The van der Waals surface area contributed by atoms with Crippen molar-refractivity contribution >= 4 is 52.1 Å². The highest BCUT2D eigenvalue weighted by molar-refractivity contribution is 8.26. The minimum absolute atomic E-state index is 0.0744. The van der Waals surface area contributed by atoms with Crippen LogP contribution in [0.2, 0.25) is 0 Å². The first-order valence-electron chi connectivity index (χ1n) is 13.6. The monoisotopic (exact) mass is 578 g/mol. The van der Waals surface area contributed by atoms with Crippen molar-refractivity contribution in [1.82, 2.24) is 9.47 Å². The number of nitriles is 1. The smallest absolute Gasteiger partial charge is 0.303 e. The number of carboxylic acids is 1. The molecular weight excluding hydrogens is 544 g/mol. The Morgan fingerprint density at radius 3 is 2.52 bits per heavy atom. The Labute approximate surface area is 244 Å². The van der Waals surface area contributed by atoms with Crippen LogP contribution in [0.4, 0.5) is 5.82 Å². The summed E-state index contributed by atoms with van der Waals surface area (Å²) < 4.78 is 2.00. The molecule has 1 aromatic heterocycles. The second-order valence-electron chi connectivity index (χ2n) is 10.4. The fourth-order valence-electron chi connectivity index (χ4n) is 5.44. The first kappa shape index (κ1) is 29.6. The summed E-state index contributed by atoms with van der Waals surface area (Å²) in [5, 5.41) is 18.6. The zero-order valence-corrected chi connectivity index (χ0v) is 24.5. The van der Waals surface area contributed by atoms with Crippen LogP contribution >= 0.6 is 24.0 Å². The molecule has 3 heterocycles. The predicted molar refractivity (Wildman–Crippen MR) is 162 cm³/mol. The second-order valence-corrected chi connectivity index (χ2v) is 12.0. The molecule has 2 saturated heterocycles. The summed E-state index contributed by atoms with van der Waals surface area (Å²) in [6.07, 6.45) is 6.77. The number of hydrogen-bond acceptors (Lipinski definition) is 7. The van der Waals surface area contributed by atoms with E-state index in [1.807, 2.05) is 6.07 Å². The third-order valence-corrected chi connectivity index (χ3v) is 9.05. The number of aromatic nitrogens is 1. The fraction of sp³-hybridized carbons (Fsp3) is 0.433. The van der Waals surface area contributed by atoms with Crippen molar-refractivity contribution in [2.45, 2.75) is 51.9 Å². The minimum atomic E-state index is -0.825. The van der Waals surface area contributed by atoms with Gasteiger partial charge in [0.2, 0.25) is 0 Å². The van der Waals surface area contributed by atoms with Crippen LogP contribution in [-0.2, 0) is 23.1 Å². The van der Waals surface area contributed by atoms with Gasteiger partial charge in [-0.15, -0.1) is 0 Å². The van der Waals surface area contributed by atoms with E-state index in [0.29, 0.717) is 52.1 Å². The number of carbonyl (C=O) groups excluding carboxylic acids is 1. The topological polar surface area (TPSA) is 107 Å². The summed E-state index contributed by atoms with van der Waals surface area (Å²) in [4.78, 5) is 41.4. The molecule has 210 valence electrons. The van der Waals surface area contributed by atoms with Crippen LogP contribution in [0.1, 0.15) is 60.8 Å². The van der Waals surface area contributed by atoms with Crippen molar-refractivity contribution in [1.29, 1.82) is 5.26 Å². The standard InChI is InChI=1S/C30H34N4O4S2/c1-20-23(18-25-29(38)34(30(39)40-25)14-8-4-7-11-26(35)36)27(32(2)28(37)24(20)19-31)33-15-12-22(13-16-33)17-21-9-5-3-6-10-21/h3,5-6,9-10,18,22H,4,7-8,11-17H2,1-2H3,(H,35,36). The van der Waals surface area contributed by atoms with Crippen LogP contribution in [0.25, 0.3) is 6.08 Å². The van der Waals surface area contributed by atoms with Gasteiger partial charge in [-0.05, 0) is 62.1 Å². The number of aliphatic carboxylic acids is 1. The number of carboxylic acid groups (broad SMARTS) is 1. The van der Waals surface area contributed by atoms with Crippen molar-refractivity contribution in [3.05, 3.63) is 67.8 Å². The first-order valence-corrected chi connectivity index (χ1v) is 14.8. The molecule has 1 aromatic carbocycles. The van der Waals surface area contributed by atoms with Gasteiger partial charge in [0.1, 0.15) is 21.8 Å². The van der Waals surface area contributed by atoms with Crippen LogP contribution in [-0.4, -0.2) is 50.4 Å². The lowest BCUT2D eigenvalue weighted by Gasteiger charge is -2.36. The SMILES string of the molecule is Cc1c(C=C2SC(=S)N(CCCCCC(=O)O)C2=O)c(N2CCC(Cc3ccccc3)CC2)n(C)c(=O)c1C#N. The highest BCUT2D eigenvalue weighted by Crippen LogP contribution is 2.37. The Morgan fingerprint density at radius 1 is 1.18 bits per heavy atom. The van der Waals surface area contributed by atoms with E-state index in [0.717, 1.165) is 38.2 Å². The molecule has 2 aliphatic heterocycles. The van der Waals surface area contributed by atoms with Crippen LogP contribution in [0, 0.1) is 24.2 Å². The summed E-state index contributed by atoms with van der Waals surface area (Å²) >= 11 is 6.72. The molecule has 0 radical (unpaired) electrons. The van der Waals surface area contributed by atoms with Gasteiger partial charge in [-0.2, -0.15) is 5.26 Å². The molecule has 8 nitrogen and oxygen atoms in total. The maximum Gasteiger partial charge on any atom is 0.303 e. The van der Waals surface area contributed by atoms with Gasteiger partial charge in [0.05, 0.1) is 4.91 Å². The maximum atomic E-state index is 13.3. The van der Waals surface area contributed by atoms with E-state index in [4.69, 9.17) is 17.3 Å². The highest BCUT2D eigenvalue weighted by Gasteiger charge is 2.33. The number of piperidine rings is 1. The molecule has 1 amide bonds. The van der Waals surface area contributed by atoms with E-state index in [1.54, 1.807) is 24.9 Å². The highest BCUT2D eigenvalue weighted by atomic mass is 32.2. The Balaban J connectivity index is 1.57. The molecule has 2 fully saturated rings. The van der Waals surface area contributed by atoms with E-state index < -0.39 is 5.97 Å². The lowest BCUT2D eigenvalue weighted by Crippen LogP contribution is -2.39. The molecular formula is C30H34N4O4S2. The minimum Gasteiger partial charge on any atom is -0.481 e. The van der Waals surface area contributed by atoms with Crippen LogP contribution < -0.4 is 10.5 Å². The van der Waals surface area contributed by atoms with Gasteiger partial charge in [0.25, 0.3) is 11.5 Å².